The minimum Gasteiger partial charge on any atom is -0.493 e. The fourth-order valence-corrected chi connectivity index (χ4v) is 3.39. The van der Waals surface area contributed by atoms with E-state index in [0.717, 1.165) is 5.56 Å². The molecule has 0 aliphatic carbocycles. The van der Waals surface area contributed by atoms with Crippen molar-refractivity contribution in [3.05, 3.63) is 59.4 Å². The van der Waals surface area contributed by atoms with Crippen LogP contribution in [0.3, 0.4) is 0 Å². The molecule has 0 bridgehead atoms. The lowest BCUT2D eigenvalue weighted by atomic mass is 10.2. The first-order chi connectivity index (χ1) is 14.9. The monoisotopic (exact) mass is 442 g/mol. The number of thioether (sulfide) groups is 1. The molecule has 3 rings (SSSR count). The van der Waals surface area contributed by atoms with Gasteiger partial charge in [-0.25, -0.2) is 4.79 Å². The van der Waals surface area contributed by atoms with Crippen molar-refractivity contribution in [2.45, 2.75) is 18.7 Å². The van der Waals surface area contributed by atoms with E-state index < -0.39 is 5.97 Å². The van der Waals surface area contributed by atoms with Gasteiger partial charge in [-0.1, -0.05) is 17.8 Å². The molecule has 1 aromatic heterocycles. The number of benzene rings is 2. The number of anilines is 1. The predicted octanol–water partition coefficient (Wildman–Crippen LogP) is 3.14. The minimum atomic E-state index is -1.02. The highest BCUT2D eigenvalue weighted by Gasteiger charge is 2.13. The van der Waals surface area contributed by atoms with Gasteiger partial charge in [-0.05, 0) is 48.9 Å². The second-order valence-corrected chi connectivity index (χ2v) is 7.56. The molecule has 0 atom stereocenters. The van der Waals surface area contributed by atoms with Gasteiger partial charge in [0.15, 0.2) is 22.5 Å². The van der Waals surface area contributed by atoms with E-state index in [2.05, 4.69) is 15.5 Å². The van der Waals surface area contributed by atoms with Gasteiger partial charge in [0, 0.05) is 12.7 Å². The minimum absolute atomic E-state index is 0.124. The number of carboxylic acid groups (broad SMARTS) is 1. The zero-order valence-electron chi connectivity index (χ0n) is 17.3. The molecule has 2 aromatic carbocycles. The lowest BCUT2D eigenvalue weighted by Crippen LogP contribution is -2.14. The van der Waals surface area contributed by atoms with Gasteiger partial charge in [0.2, 0.25) is 5.91 Å². The largest absolute Gasteiger partial charge is 0.493 e. The van der Waals surface area contributed by atoms with Crippen LogP contribution in [-0.2, 0) is 18.4 Å². The van der Waals surface area contributed by atoms with Gasteiger partial charge in [0.25, 0.3) is 0 Å². The number of aromatic nitrogens is 3. The van der Waals surface area contributed by atoms with Crippen LogP contribution in [0.2, 0.25) is 0 Å². The number of nitrogens with zero attached hydrogens (tertiary/aromatic N) is 3. The Labute approximate surface area is 183 Å². The first-order valence-electron chi connectivity index (χ1n) is 9.29. The highest BCUT2D eigenvalue weighted by atomic mass is 32.2. The van der Waals surface area contributed by atoms with Crippen molar-refractivity contribution in [1.82, 2.24) is 14.8 Å². The number of amides is 1. The molecule has 162 valence electrons. The number of aromatic carboxylic acids is 1. The molecular weight excluding hydrogens is 420 g/mol. The van der Waals surface area contributed by atoms with Crippen molar-refractivity contribution in [3.63, 3.8) is 0 Å². The Kier molecular flexibility index (Phi) is 7.14. The molecule has 3 aromatic rings. The third-order valence-electron chi connectivity index (χ3n) is 4.35. The zero-order chi connectivity index (χ0) is 22.4. The van der Waals surface area contributed by atoms with Crippen LogP contribution in [0.4, 0.5) is 5.69 Å². The summed E-state index contributed by atoms with van der Waals surface area (Å²) >= 11 is 1.24. The van der Waals surface area contributed by atoms with E-state index in [1.807, 2.05) is 25.1 Å². The van der Waals surface area contributed by atoms with Crippen molar-refractivity contribution in [1.29, 1.82) is 0 Å². The molecule has 1 amide bonds. The molecule has 1 heterocycles. The fraction of sp³-hybridized carbons (Fsp3) is 0.238. The topological polar surface area (TPSA) is 116 Å². The SMILES string of the molecule is COc1cc(C)ccc1OCc1nnc(SCC(=O)Nc2ccc(C(=O)O)cc2)n1C. The summed E-state index contributed by atoms with van der Waals surface area (Å²) in [5.41, 5.74) is 1.75. The maximum absolute atomic E-state index is 12.2. The number of ether oxygens (including phenoxy) is 2. The van der Waals surface area contributed by atoms with Gasteiger partial charge in [0.05, 0.1) is 18.4 Å². The Morgan fingerprint density at radius 1 is 1.13 bits per heavy atom. The maximum Gasteiger partial charge on any atom is 0.335 e. The van der Waals surface area contributed by atoms with Crippen LogP contribution in [-0.4, -0.2) is 44.6 Å². The van der Waals surface area contributed by atoms with Crippen LogP contribution in [0.15, 0.2) is 47.6 Å². The number of carboxylic acids is 1. The highest BCUT2D eigenvalue weighted by Crippen LogP contribution is 2.28. The molecule has 0 fully saturated rings. The van der Waals surface area contributed by atoms with Crippen molar-refractivity contribution >= 4 is 29.3 Å². The molecular formula is C21H22N4O5S. The molecule has 9 nitrogen and oxygen atoms in total. The van der Waals surface area contributed by atoms with E-state index in [1.54, 1.807) is 30.9 Å². The number of aryl methyl sites for hydroxylation is 1. The van der Waals surface area contributed by atoms with Gasteiger partial charge in [-0.15, -0.1) is 10.2 Å². The molecule has 0 saturated heterocycles. The second kappa shape index (κ2) is 9.98. The van der Waals surface area contributed by atoms with Crippen LogP contribution in [0.1, 0.15) is 21.7 Å². The molecule has 31 heavy (non-hydrogen) atoms. The molecule has 2 N–H and O–H groups in total. The molecule has 0 saturated carbocycles. The Hall–Kier alpha value is -3.53. The van der Waals surface area contributed by atoms with Gasteiger partial charge >= 0.3 is 5.97 Å². The number of carbonyl (C=O) groups is 2. The third-order valence-corrected chi connectivity index (χ3v) is 5.37. The quantitative estimate of drug-likeness (QED) is 0.486. The summed E-state index contributed by atoms with van der Waals surface area (Å²) in [5.74, 6) is 0.729. The van der Waals surface area contributed by atoms with Gasteiger partial charge in [0.1, 0.15) is 6.61 Å². The average molecular weight is 442 g/mol. The highest BCUT2D eigenvalue weighted by molar-refractivity contribution is 7.99. The number of methoxy groups -OCH3 is 1. The summed E-state index contributed by atoms with van der Waals surface area (Å²) < 4.78 is 12.9. The van der Waals surface area contributed by atoms with E-state index in [1.165, 1.54) is 23.9 Å². The summed E-state index contributed by atoms with van der Waals surface area (Å²) in [5, 5.41) is 20.5. The Morgan fingerprint density at radius 2 is 1.87 bits per heavy atom. The van der Waals surface area contributed by atoms with Crippen LogP contribution in [0, 0.1) is 6.92 Å². The molecule has 0 spiro atoms. The molecule has 0 aliphatic rings. The maximum atomic E-state index is 12.2. The van der Waals surface area contributed by atoms with E-state index >= 15 is 0 Å². The molecule has 0 radical (unpaired) electrons. The van der Waals surface area contributed by atoms with Gasteiger partial charge < -0.3 is 24.5 Å². The first kappa shape index (κ1) is 22.2. The van der Waals surface area contributed by atoms with E-state index in [-0.39, 0.29) is 23.8 Å². The van der Waals surface area contributed by atoms with Crippen molar-refractivity contribution in [2.75, 3.05) is 18.2 Å². The second-order valence-electron chi connectivity index (χ2n) is 6.62. The van der Waals surface area contributed by atoms with Crippen LogP contribution in [0.25, 0.3) is 0 Å². The Balaban J connectivity index is 1.54. The van der Waals surface area contributed by atoms with Crippen LogP contribution < -0.4 is 14.8 Å². The summed E-state index contributed by atoms with van der Waals surface area (Å²) in [6, 6.07) is 11.6. The average Bonchev–Trinajstić information content (AvgIpc) is 3.11. The molecule has 0 aliphatic heterocycles. The van der Waals surface area contributed by atoms with Gasteiger partial charge in [-0.2, -0.15) is 0 Å². The van der Waals surface area contributed by atoms with E-state index in [0.29, 0.717) is 28.2 Å². The van der Waals surface area contributed by atoms with Crippen LogP contribution in [0.5, 0.6) is 11.5 Å². The van der Waals surface area contributed by atoms with E-state index in [4.69, 9.17) is 14.6 Å². The normalized spacial score (nSPS) is 10.5. The summed E-state index contributed by atoms with van der Waals surface area (Å²) in [6.07, 6.45) is 0. The molecule has 0 unspecified atom stereocenters. The number of hydrogen-bond acceptors (Lipinski definition) is 7. The number of nitrogens with one attached hydrogen (secondary N) is 1. The first-order valence-corrected chi connectivity index (χ1v) is 10.3. The fourth-order valence-electron chi connectivity index (χ4n) is 2.66. The number of hydrogen-bond donors (Lipinski definition) is 2. The summed E-state index contributed by atoms with van der Waals surface area (Å²) in [6.45, 7) is 2.17. The smallest absolute Gasteiger partial charge is 0.335 e. The standard InChI is InChI=1S/C21H22N4O5S/c1-13-4-9-16(17(10-13)29-3)30-11-18-23-24-21(25(18)2)31-12-19(26)22-15-7-5-14(6-8-15)20(27)28/h4-10H,11-12H2,1-3H3,(H,22,26)(H,27,28). The number of rotatable bonds is 9. The van der Waals surface area contributed by atoms with E-state index in [9.17, 15) is 9.59 Å². The Morgan fingerprint density at radius 3 is 2.55 bits per heavy atom. The Bertz CT molecular complexity index is 1080. The zero-order valence-corrected chi connectivity index (χ0v) is 18.1. The molecule has 10 heteroatoms. The van der Waals surface area contributed by atoms with Crippen molar-refractivity contribution < 1.29 is 24.2 Å². The summed E-state index contributed by atoms with van der Waals surface area (Å²) in [4.78, 5) is 23.1. The van der Waals surface area contributed by atoms with Crippen LogP contribution >= 0.6 is 11.8 Å². The predicted molar refractivity (Wildman–Crippen MR) is 116 cm³/mol. The van der Waals surface area contributed by atoms with Gasteiger partial charge in [-0.3, -0.25) is 4.79 Å². The van der Waals surface area contributed by atoms with Crippen molar-refractivity contribution in [2.24, 2.45) is 7.05 Å². The third kappa shape index (κ3) is 5.76. The van der Waals surface area contributed by atoms with Crippen molar-refractivity contribution in [3.8, 4) is 11.5 Å². The summed E-state index contributed by atoms with van der Waals surface area (Å²) in [7, 11) is 3.39. The number of carbonyl (C=O) groups excluding carboxylic acids is 1. The lowest BCUT2D eigenvalue weighted by molar-refractivity contribution is -0.113. The lowest BCUT2D eigenvalue weighted by Gasteiger charge is -2.11.